The molecule has 0 rings (SSSR count). The van der Waals surface area contributed by atoms with Gasteiger partial charge in [-0.25, -0.2) is 0 Å². The Kier molecular flexibility index (Phi) is 56.4. The van der Waals surface area contributed by atoms with Crippen molar-refractivity contribution in [2.24, 2.45) is 0 Å². The zero-order valence-electron chi connectivity index (χ0n) is 45.4. The van der Waals surface area contributed by atoms with Gasteiger partial charge in [-0.1, -0.05) is 267 Å². The molecule has 5 heteroatoms. The minimum atomic E-state index is -0.561. The Morgan fingerprint density at radius 1 is 0.338 bits per heavy atom. The standard InChI is InChI=1S/C63H112O5/c1-4-7-10-13-16-19-22-25-28-31-34-37-40-43-46-49-52-55-58-66-59-61(68-63(65)57-54-51-48-45-42-39-36-33-30-27-24-21-18-15-12-9-6-3)60-67-62(64)56-53-50-47-44-41-38-35-32-29-26-23-20-17-14-11-8-5-2/h8,11,17,20,25-26,28-29,35,38,44,47,61H,4-7,9-10,12-16,18-19,21-24,27,30-34,36-37,39-43,45-46,48-60H2,1-3H3/b11-8-,20-17-,28-25-,29-26-,38-35-,47-44-. The molecule has 5 nitrogen and oxygen atoms in total. The normalized spacial score (nSPS) is 12.7. The summed E-state index contributed by atoms with van der Waals surface area (Å²) < 4.78 is 17.5. The maximum atomic E-state index is 12.9. The molecule has 0 aromatic heterocycles. The highest BCUT2D eigenvalue weighted by atomic mass is 16.6. The Morgan fingerprint density at radius 3 is 1.12 bits per heavy atom. The molecule has 0 fully saturated rings. The van der Waals surface area contributed by atoms with Crippen LogP contribution in [0.25, 0.3) is 0 Å². The molecule has 0 aliphatic rings. The number of hydrogen-bond acceptors (Lipinski definition) is 5. The molecule has 68 heavy (non-hydrogen) atoms. The first-order chi connectivity index (χ1) is 33.6. The molecular formula is C63H112O5. The summed E-state index contributed by atoms with van der Waals surface area (Å²) in [4.78, 5) is 25.5. The van der Waals surface area contributed by atoms with Crippen molar-refractivity contribution < 1.29 is 23.8 Å². The van der Waals surface area contributed by atoms with Gasteiger partial charge in [0.2, 0.25) is 0 Å². The number of carbonyl (C=O) groups excluding carboxylic acids is 2. The highest BCUT2D eigenvalue weighted by Gasteiger charge is 2.17. The number of allylic oxidation sites excluding steroid dienone is 12. The van der Waals surface area contributed by atoms with E-state index in [1.165, 1.54) is 186 Å². The van der Waals surface area contributed by atoms with Gasteiger partial charge >= 0.3 is 11.9 Å². The minimum Gasteiger partial charge on any atom is -0.462 e. The molecule has 0 N–H and O–H groups in total. The lowest BCUT2D eigenvalue weighted by atomic mass is 10.0. The average Bonchev–Trinajstić information content (AvgIpc) is 3.34. The number of ether oxygens (including phenoxy) is 3. The molecular weight excluding hydrogens is 837 g/mol. The second kappa shape index (κ2) is 58.7. The van der Waals surface area contributed by atoms with Crippen molar-refractivity contribution in [1.29, 1.82) is 0 Å². The second-order valence-electron chi connectivity index (χ2n) is 19.5. The Hall–Kier alpha value is -2.66. The first-order valence-corrected chi connectivity index (χ1v) is 29.5. The van der Waals surface area contributed by atoms with Crippen molar-refractivity contribution in [2.45, 2.75) is 297 Å². The van der Waals surface area contributed by atoms with Crippen molar-refractivity contribution >= 4 is 11.9 Å². The van der Waals surface area contributed by atoms with E-state index in [9.17, 15) is 9.59 Å². The fourth-order valence-corrected chi connectivity index (χ4v) is 8.37. The number of esters is 2. The predicted molar refractivity (Wildman–Crippen MR) is 297 cm³/mol. The summed E-state index contributed by atoms with van der Waals surface area (Å²) >= 11 is 0. The first kappa shape index (κ1) is 65.3. The van der Waals surface area contributed by atoms with Crippen LogP contribution in [0.4, 0.5) is 0 Å². The Labute approximate surface area is 423 Å². The predicted octanol–water partition coefficient (Wildman–Crippen LogP) is 20.2. The molecule has 0 amide bonds. The van der Waals surface area contributed by atoms with Gasteiger partial charge in [-0.05, 0) is 83.5 Å². The molecule has 0 bridgehead atoms. The highest BCUT2D eigenvalue weighted by Crippen LogP contribution is 2.16. The summed E-state index contributed by atoms with van der Waals surface area (Å²) in [5.74, 6) is -0.454. The third-order valence-electron chi connectivity index (χ3n) is 12.7. The van der Waals surface area contributed by atoms with Crippen LogP contribution in [0.2, 0.25) is 0 Å². The summed E-state index contributed by atoms with van der Waals surface area (Å²) in [6.07, 6.45) is 76.5. The van der Waals surface area contributed by atoms with E-state index in [0.29, 0.717) is 19.4 Å². The van der Waals surface area contributed by atoms with E-state index in [0.717, 1.165) is 70.6 Å². The lowest BCUT2D eigenvalue weighted by Crippen LogP contribution is -2.30. The molecule has 0 aromatic carbocycles. The summed E-state index contributed by atoms with van der Waals surface area (Å²) in [7, 11) is 0. The van der Waals surface area contributed by atoms with Crippen molar-refractivity contribution in [1.82, 2.24) is 0 Å². The first-order valence-electron chi connectivity index (χ1n) is 29.5. The summed E-state index contributed by atoms with van der Waals surface area (Å²) in [5, 5.41) is 0. The summed E-state index contributed by atoms with van der Waals surface area (Å²) in [5.41, 5.74) is 0. The van der Waals surface area contributed by atoms with Gasteiger partial charge in [0.25, 0.3) is 0 Å². The molecule has 0 radical (unpaired) electrons. The van der Waals surface area contributed by atoms with E-state index in [1.807, 2.05) is 0 Å². The molecule has 1 unspecified atom stereocenters. The van der Waals surface area contributed by atoms with E-state index < -0.39 is 6.10 Å². The van der Waals surface area contributed by atoms with Crippen LogP contribution in [0, 0.1) is 0 Å². The topological polar surface area (TPSA) is 61.8 Å². The number of unbranched alkanes of at least 4 members (excludes halogenated alkanes) is 31. The van der Waals surface area contributed by atoms with Crippen LogP contribution in [0.5, 0.6) is 0 Å². The second-order valence-corrected chi connectivity index (χ2v) is 19.5. The van der Waals surface area contributed by atoms with E-state index in [4.69, 9.17) is 14.2 Å². The molecule has 0 saturated heterocycles. The molecule has 0 aliphatic carbocycles. The van der Waals surface area contributed by atoms with Crippen molar-refractivity contribution in [2.75, 3.05) is 19.8 Å². The molecule has 0 heterocycles. The highest BCUT2D eigenvalue weighted by molar-refractivity contribution is 5.70. The SMILES string of the molecule is CC/C=C\C/C=C\C/C=C\C/C=C\C/C=C\CCCC(=O)OCC(COCCCCCCCCCC/C=C\CCCCCCCC)OC(=O)CCCCCCCCCCCCCCCCCCC. The van der Waals surface area contributed by atoms with Crippen LogP contribution in [0.3, 0.4) is 0 Å². The van der Waals surface area contributed by atoms with Crippen LogP contribution >= 0.6 is 0 Å². The maximum Gasteiger partial charge on any atom is 0.306 e. The van der Waals surface area contributed by atoms with Crippen molar-refractivity contribution in [3.63, 3.8) is 0 Å². The van der Waals surface area contributed by atoms with E-state index in [1.54, 1.807) is 0 Å². The summed E-state index contributed by atoms with van der Waals surface area (Å²) in [6.45, 7) is 7.69. The van der Waals surface area contributed by atoms with Crippen LogP contribution in [0.15, 0.2) is 72.9 Å². The zero-order chi connectivity index (χ0) is 49.2. The third-order valence-corrected chi connectivity index (χ3v) is 12.7. The largest absolute Gasteiger partial charge is 0.462 e. The Bertz CT molecular complexity index is 1210. The average molecular weight is 950 g/mol. The monoisotopic (exact) mass is 949 g/mol. The van der Waals surface area contributed by atoms with Gasteiger partial charge in [0, 0.05) is 19.4 Å². The molecule has 394 valence electrons. The van der Waals surface area contributed by atoms with Crippen LogP contribution in [-0.2, 0) is 23.8 Å². The summed E-state index contributed by atoms with van der Waals surface area (Å²) in [6, 6.07) is 0. The van der Waals surface area contributed by atoms with Gasteiger partial charge in [0.05, 0.1) is 6.61 Å². The molecule has 0 aromatic rings. The van der Waals surface area contributed by atoms with E-state index in [-0.39, 0.29) is 25.2 Å². The van der Waals surface area contributed by atoms with Gasteiger partial charge in [0.15, 0.2) is 6.10 Å². The number of carbonyl (C=O) groups is 2. The minimum absolute atomic E-state index is 0.0558. The van der Waals surface area contributed by atoms with Gasteiger partial charge in [-0.2, -0.15) is 0 Å². The quantitative estimate of drug-likeness (QED) is 0.0345. The molecule has 0 spiro atoms. The van der Waals surface area contributed by atoms with Crippen LogP contribution in [0.1, 0.15) is 290 Å². The van der Waals surface area contributed by atoms with Crippen molar-refractivity contribution in [3.05, 3.63) is 72.9 Å². The van der Waals surface area contributed by atoms with E-state index in [2.05, 4.69) is 93.7 Å². The maximum absolute atomic E-state index is 12.9. The molecule has 0 saturated carbocycles. The fraction of sp³-hybridized carbons (Fsp3) is 0.778. The fourth-order valence-electron chi connectivity index (χ4n) is 8.37. The smallest absolute Gasteiger partial charge is 0.306 e. The van der Waals surface area contributed by atoms with E-state index >= 15 is 0 Å². The Balaban J connectivity index is 4.34. The third kappa shape index (κ3) is 55.9. The van der Waals surface area contributed by atoms with Gasteiger partial charge in [0.1, 0.15) is 6.61 Å². The Morgan fingerprint density at radius 2 is 0.676 bits per heavy atom. The molecule has 1 atom stereocenters. The van der Waals surface area contributed by atoms with Gasteiger partial charge in [-0.3, -0.25) is 9.59 Å². The van der Waals surface area contributed by atoms with Gasteiger partial charge in [-0.15, -0.1) is 0 Å². The number of rotatable bonds is 54. The number of hydrogen-bond donors (Lipinski definition) is 0. The van der Waals surface area contributed by atoms with Crippen molar-refractivity contribution in [3.8, 4) is 0 Å². The van der Waals surface area contributed by atoms with Gasteiger partial charge < -0.3 is 14.2 Å². The molecule has 0 aliphatic heterocycles. The zero-order valence-corrected chi connectivity index (χ0v) is 45.4. The van der Waals surface area contributed by atoms with Crippen LogP contribution in [-0.4, -0.2) is 37.9 Å². The lowest BCUT2D eigenvalue weighted by Gasteiger charge is -2.18. The van der Waals surface area contributed by atoms with Crippen LogP contribution < -0.4 is 0 Å². The lowest BCUT2D eigenvalue weighted by molar-refractivity contribution is -0.163.